The van der Waals surface area contributed by atoms with Crippen molar-refractivity contribution in [3.8, 4) is 0 Å². The van der Waals surface area contributed by atoms with Gasteiger partial charge in [0.2, 0.25) is 5.91 Å². The zero-order valence-corrected chi connectivity index (χ0v) is 15.8. The molecule has 0 aromatic carbocycles. The summed E-state index contributed by atoms with van der Waals surface area (Å²) in [6.07, 6.45) is 5.36. The second kappa shape index (κ2) is 7.09. The number of hydrogen-bond acceptors (Lipinski definition) is 6. The molecule has 2 aromatic rings. The van der Waals surface area contributed by atoms with Crippen LogP contribution < -0.4 is 10.9 Å². The van der Waals surface area contributed by atoms with Gasteiger partial charge in [0.15, 0.2) is 5.16 Å². The number of amides is 1. The molecular weight excluding hydrogens is 358 g/mol. The second-order valence-electron chi connectivity index (χ2n) is 6.52. The molecule has 0 spiro atoms. The molecule has 3 heterocycles. The van der Waals surface area contributed by atoms with E-state index in [2.05, 4.69) is 10.3 Å². The number of ether oxygens (including phenoxy) is 1. The maximum absolute atomic E-state index is 12.7. The van der Waals surface area contributed by atoms with E-state index in [4.69, 9.17) is 4.74 Å². The van der Waals surface area contributed by atoms with Gasteiger partial charge >= 0.3 is 0 Å². The standard InChI is InChI=1S/C17H21N3O3S2/c1-20-16(22)14-11-5-2-6-12(11)25-15(14)19-17(20)24-9-13(21)18-8-10-4-3-7-23-10/h10H,2-9H2,1H3,(H,18,21). The summed E-state index contributed by atoms with van der Waals surface area (Å²) in [5.41, 5.74) is 1.20. The van der Waals surface area contributed by atoms with E-state index in [1.807, 2.05) is 0 Å². The number of thiophene rings is 1. The van der Waals surface area contributed by atoms with Crippen molar-refractivity contribution >= 4 is 39.2 Å². The number of carbonyl (C=O) groups is 1. The molecule has 1 fully saturated rings. The molecule has 0 bridgehead atoms. The first-order chi connectivity index (χ1) is 12.1. The lowest BCUT2D eigenvalue weighted by atomic mass is 10.2. The smallest absolute Gasteiger partial charge is 0.262 e. The van der Waals surface area contributed by atoms with Gasteiger partial charge in [0.25, 0.3) is 5.56 Å². The summed E-state index contributed by atoms with van der Waals surface area (Å²) in [6, 6.07) is 0. The zero-order valence-electron chi connectivity index (χ0n) is 14.2. The van der Waals surface area contributed by atoms with Gasteiger partial charge in [-0.25, -0.2) is 4.98 Å². The fourth-order valence-electron chi connectivity index (χ4n) is 3.45. The van der Waals surface area contributed by atoms with Gasteiger partial charge in [0.05, 0.1) is 17.2 Å². The third kappa shape index (κ3) is 3.35. The number of thioether (sulfide) groups is 1. The van der Waals surface area contributed by atoms with Gasteiger partial charge in [0.1, 0.15) is 4.83 Å². The van der Waals surface area contributed by atoms with Crippen molar-refractivity contribution in [1.82, 2.24) is 14.9 Å². The number of fused-ring (bicyclic) bond motifs is 3. The van der Waals surface area contributed by atoms with Crippen molar-refractivity contribution in [3.05, 3.63) is 20.8 Å². The molecule has 1 saturated heterocycles. The lowest BCUT2D eigenvalue weighted by Crippen LogP contribution is -2.33. The topological polar surface area (TPSA) is 73.2 Å². The molecule has 1 N–H and O–H groups in total. The Morgan fingerprint density at radius 3 is 3.12 bits per heavy atom. The molecule has 6 nitrogen and oxygen atoms in total. The summed E-state index contributed by atoms with van der Waals surface area (Å²) in [5, 5.41) is 4.29. The monoisotopic (exact) mass is 379 g/mol. The van der Waals surface area contributed by atoms with E-state index in [0.717, 1.165) is 48.9 Å². The summed E-state index contributed by atoms with van der Waals surface area (Å²) < 4.78 is 7.08. The molecule has 0 radical (unpaired) electrons. The SMILES string of the molecule is Cn1c(SCC(=O)NCC2CCCO2)nc2sc3c(c2c1=O)CCC3. The summed E-state index contributed by atoms with van der Waals surface area (Å²) in [7, 11) is 1.74. The molecular formula is C17H21N3O3S2. The lowest BCUT2D eigenvalue weighted by molar-refractivity contribution is -0.119. The van der Waals surface area contributed by atoms with E-state index in [-0.39, 0.29) is 23.3 Å². The Balaban J connectivity index is 1.45. The minimum absolute atomic E-state index is 0.00617. The predicted molar refractivity (Wildman–Crippen MR) is 99.6 cm³/mol. The summed E-state index contributed by atoms with van der Waals surface area (Å²) in [4.78, 5) is 31.5. The van der Waals surface area contributed by atoms with Crippen LogP contribution in [0, 0.1) is 0 Å². The maximum Gasteiger partial charge on any atom is 0.262 e. The summed E-state index contributed by atoms with van der Waals surface area (Å²) in [6.45, 7) is 1.34. The maximum atomic E-state index is 12.7. The van der Waals surface area contributed by atoms with Crippen LogP contribution in [-0.4, -0.2) is 40.5 Å². The first-order valence-corrected chi connectivity index (χ1v) is 10.5. The number of nitrogens with one attached hydrogen (secondary N) is 1. The van der Waals surface area contributed by atoms with Gasteiger partial charge in [0, 0.05) is 25.1 Å². The van der Waals surface area contributed by atoms with Crippen LogP contribution in [0.2, 0.25) is 0 Å². The van der Waals surface area contributed by atoms with Gasteiger partial charge < -0.3 is 10.1 Å². The molecule has 1 aliphatic carbocycles. The quantitative estimate of drug-likeness (QED) is 0.634. The van der Waals surface area contributed by atoms with Crippen molar-refractivity contribution in [2.45, 2.75) is 43.4 Å². The summed E-state index contributed by atoms with van der Waals surface area (Å²) in [5.74, 6) is 0.201. The molecule has 4 rings (SSSR count). The highest BCUT2D eigenvalue weighted by molar-refractivity contribution is 7.99. The van der Waals surface area contributed by atoms with E-state index in [0.29, 0.717) is 11.7 Å². The number of hydrogen-bond donors (Lipinski definition) is 1. The Bertz CT molecular complexity index is 868. The average molecular weight is 380 g/mol. The molecule has 2 aliphatic rings. The Morgan fingerprint density at radius 2 is 2.32 bits per heavy atom. The first-order valence-electron chi connectivity index (χ1n) is 8.66. The van der Waals surface area contributed by atoms with Gasteiger partial charge in [-0.2, -0.15) is 0 Å². The van der Waals surface area contributed by atoms with Crippen molar-refractivity contribution in [3.63, 3.8) is 0 Å². The molecule has 1 aliphatic heterocycles. The molecule has 1 atom stereocenters. The normalized spacial score (nSPS) is 19.5. The van der Waals surface area contributed by atoms with E-state index in [1.165, 1.54) is 22.2 Å². The second-order valence-corrected chi connectivity index (χ2v) is 8.55. The molecule has 0 saturated carbocycles. The Hall–Kier alpha value is -1.38. The minimum Gasteiger partial charge on any atom is -0.376 e. The van der Waals surface area contributed by atoms with Gasteiger partial charge in [-0.15, -0.1) is 11.3 Å². The van der Waals surface area contributed by atoms with E-state index >= 15 is 0 Å². The van der Waals surface area contributed by atoms with Gasteiger partial charge in [-0.3, -0.25) is 14.2 Å². The number of rotatable bonds is 5. The van der Waals surface area contributed by atoms with E-state index in [9.17, 15) is 9.59 Å². The van der Waals surface area contributed by atoms with Crippen LogP contribution in [0.1, 0.15) is 29.7 Å². The van der Waals surface area contributed by atoms with Crippen LogP contribution >= 0.6 is 23.1 Å². The van der Waals surface area contributed by atoms with Crippen molar-refractivity contribution < 1.29 is 9.53 Å². The minimum atomic E-state index is -0.0523. The van der Waals surface area contributed by atoms with Crippen LogP contribution in [0.15, 0.2) is 9.95 Å². The highest BCUT2D eigenvalue weighted by atomic mass is 32.2. The van der Waals surface area contributed by atoms with E-state index in [1.54, 1.807) is 23.0 Å². The number of aromatic nitrogens is 2. The molecule has 25 heavy (non-hydrogen) atoms. The third-order valence-corrected chi connectivity index (χ3v) is 7.00. The molecule has 8 heteroatoms. The molecule has 1 amide bonds. The Morgan fingerprint density at radius 1 is 1.44 bits per heavy atom. The van der Waals surface area contributed by atoms with Crippen molar-refractivity contribution in [2.24, 2.45) is 7.05 Å². The van der Waals surface area contributed by atoms with Crippen molar-refractivity contribution in [2.75, 3.05) is 18.9 Å². The van der Waals surface area contributed by atoms with Crippen LogP contribution in [-0.2, 0) is 29.4 Å². The van der Waals surface area contributed by atoms with E-state index < -0.39 is 0 Å². The zero-order chi connectivity index (χ0) is 17.4. The highest BCUT2D eigenvalue weighted by Gasteiger charge is 2.23. The number of carbonyl (C=O) groups excluding carboxylic acids is 1. The fraction of sp³-hybridized carbons (Fsp3) is 0.588. The molecule has 2 aromatic heterocycles. The van der Waals surface area contributed by atoms with Crippen LogP contribution in [0.5, 0.6) is 0 Å². The van der Waals surface area contributed by atoms with Crippen LogP contribution in [0.25, 0.3) is 10.2 Å². The summed E-state index contributed by atoms with van der Waals surface area (Å²) >= 11 is 2.94. The van der Waals surface area contributed by atoms with Gasteiger partial charge in [-0.1, -0.05) is 11.8 Å². The Labute approximate surface area is 154 Å². The third-order valence-electron chi connectivity index (χ3n) is 4.79. The number of nitrogens with zero attached hydrogens (tertiary/aromatic N) is 2. The van der Waals surface area contributed by atoms with Crippen molar-refractivity contribution in [1.29, 1.82) is 0 Å². The van der Waals surface area contributed by atoms with Crippen LogP contribution in [0.4, 0.5) is 0 Å². The Kier molecular flexibility index (Phi) is 4.84. The first kappa shape index (κ1) is 17.1. The highest BCUT2D eigenvalue weighted by Crippen LogP contribution is 2.35. The predicted octanol–water partition coefficient (Wildman–Crippen LogP) is 1.87. The molecule has 1 unspecified atom stereocenters. The molecule has 134 valence electrons. The average Bonchev–Trinajstić information content (AvgIpc) is 3.31. The van der Waals surface area contributed by atoms with Crippen LogP contribution in [0.3, 0.4) is 0 Å². The van der Waals surface area contributed by atoms with Gasteiger partial charge in [-0.05, 0) is 37.7 Å². The fourth-order valence-corrected chi connectivity index (χ4v) is 5.55. The number of aryl methyl sites for hydroxylation is 2. The lowest BCUT2D eigenvalue weighted by Gasteiger charge is -2.11. The largest absolute Gasteiger partial charge is 0.376 e.